The number of aromatic nitrogens is 3. The monoisotopic (exact) mass is 696 g/mol. The number of H-pyrrole nitrogens is 1. The molecule has 10 nitrogen and oxygen atoms in total. The summed E-state index contributed by atoms with van der Waals surface area (Å²) in [6.45, 7) is 2.75. The van der Waals surface area contributed by atoms with E-state index >= 15 is 0 Å². The number of alkyl halides is 3. The van der Waals surface area contributed by atoms with Crippen LogP contribution in [0, 0.1) is 11.6 Å². The lowest BCUT2D eigenvalue weighted by atomic mass is 10.0. The number of esters is 1. The van der Waals surface area contributed by atoms with Crippen LogP contribution in [0.15, 0.2) is 52.1 Å². The lowest BCUT2D eigenvalue weighted by Gasteiger charge is -2.27. The van der Waals surface area contributed by atoms with Crippen molar-refractivity contribution >= 4 is 12.2 Å². The Hall–Kier alpha value is -4.50. The molecule has 258 valence electrons. The van der Waals surface area contributed by atoms with Gasteiger partial charge in [0.05, 0.1) is 76.2 Å². The van der Waals surface area contributed by atoms with Gasteiger partial charge < -0.3 is 35.9 Å². The number of halogens is 6. The average molecular weight is 697 g/mol. The summed E-state index contributed by atoms with van der Waals surface area (Å²) in [5.41, 5.74) is -0.775. The van der Waals surface area contributed by atoms with Gasteiger partial charge in [0.15, 0.2) is 17.4 Å². The summed E-state index contributed by atoms with van der Waals surface area (Å²) in [6.07, 6.45) is -2.24. The van der Waals surface area contributed by atoms with Gasteiger partial charge in [-0.3, -0.25) is 5.01 Å². The molecule has 1 unspecified atom stereocenters. The number of hydrogen-bond acceptors (Lipinski definition) is 8. The van der Waals surface area contributed by atoms with E-state index in [2.05, 4.69) is 20.2 Å². The maximum atomic E-state index is 14.5. The van der Waals surface area contributed by atoms with E-state index in [1.54, 1.807) is 0 Å². The summed E-state index contributed by atoms with van der Waals surface area (Å²) >= 11 is 0. The van der Waals surface area contributed by atoms with Crippen LogP contribution in [0.4, 0.5) is 22.0 Å². The highest BCUT2D eigenvalue weighted by Gasteiger charge is 2.38. The number of ether oxygens (including phenoxy) is 2. The van der Waals surface area contributed by atoms with Crippen molar-refractivity contribution < 1.29 is 57.6 Å². The minimum atomic E-state index is -4.74. The standard InChI is InChI=1S/C32H34F5N6O4.ClH/c1-5-13-45-19-10-11-20(22(15-19)32(35,36)37)24-16-27(47-41-24)29(31(44)46-14-7-12-43(2,3)4)42-18-26-25(17-38-42)39-30(40-26)21-8-6-9-23(33)28(21)34;/h6,8-11,15-17,29H,5,7,12-14,18H2,1-4H3,(H,39,40);1H/q+1;/p-1. The lowest BCUT2D eigenvalue weighted by Crippen LogP contribution is -3.00. The van der Waals surface area contributed by atoms with E-state index in [1.807, 2.05) is 28.1 Å². The molecule has 1 aliphatic heterocycles. The Labute approximate surface area is 279 Å². The van der Waals surface area contributed by atoms with Crippen LogP contribution in [-0.4, -0.2) is 77.7 Å². The number of imidazole rings is 1. The fourth-order valence-electron chi connectivity index (χ4n) is 4.96. The zero-order chi connectivity index (χ0) is 33.9. The zero-order valence-electron chi connectivity index (χ0n) is 26.6. The van der Waals surface area contributed by atoms with Crippen LogP contribution >= 0.6 is 0 Å². The predicted molar refractivity (Wildman–Crippen MR) is 161 cm³/mol. The number of hydrogen-bond donors (Lipinski definition) is 1. The molecule has 0 aliphatic carbocycles. The fourth-order valence-corrected chi connectivity index (χ4v) is 4.96. The van der Waals surface area contributed by atoms with Crippen molar-refractivity contribution in [2.24, 2.45) is 5.10 Å². The minimum Gasteiger partial charge on any atom is -1.00 e. The first kappa shape index (κ1) is 36.3. The number of benzene rings is 2. The number of carbonyl (C=O) groups is 1. The van der Waals surface area contributed by atoms with Gasteiger partial charge in [-0.05, 0) is 36.8 Å². The van der Waals surface area contributed by atoms with Crippen LogP contribution in [0.1, 0.15) is 48.5 Å². The number of hydrazone groups is 1. The largest absolute Gasteiger partial charge is 1.00 e. The molecule has 16 heteroatoms. The summed E-state index contributed by atoms with van der Waals surface area (Å²) in [7, 11) is 5.98. The van der Waals surface area contributed by atoms with Crippen molar-refractivity contribution in [3.8, 4) is 28.4 Å². The molecule has 1 atom stereocenters. The Morgan fingerprint density at radius 3 is 2.58 bits per heavy atom. The van der Waals surface area contributed by atoms with Gasteiger partial charge in [0, 0.05) is 18.1 Å². The van der Waals surface area contributed by atoms with Crippen LogP contribution in [0.2, 0.25) is 0 Å². The van der Waals surface area contributed by atoms with Crippen molar-refractivity contribution in [1.82, 2.24) is 20.1 Å². The second-order valence-electron chi connectivity index (χ2n) is 12.0. The van der Waals surface area contributed by atoms with E-state index in [0.717, 1.165) is 12.1 Å². The third-order valence-electron chi connectivity index (χ3n) is 7.25. The highest BCUT2D eigenvalue weighted by molar-refractivity contribution is 5.82. The van der Waals surface area contributed by atoms with E-state index < -0.39 is 35.4 Å². The molecule has 2 aromatic carbocycles. The minimum absolute atomic E-state index is 0. The SMILES string of the molecule is CCCOc1ccc(-c2cc(C(C(=O)OCCC[N+](C)(C)C)N3Cc4nc(-c5cccc(F)c5F)[nH]c4C=N3)on2)c(C(F)(F)F)c1.[Cl-]. The highest BCUT2D eigenvalue weighted by Crippen LogP contribution is 2.40. The molecule has 0 fully saturated rings. The molecule has 0 radical (unpaired) electrons. The molecule has 2 aromatic heterocycles. The Morgan fingerprint density at radius 1 is 1.10 bits per heavy atom. The second-order valence-corrected chi connectivity index (χ2v) is 12.0. The van der Waals surface area contributed by atoms with Crippen LogP contribution < -0.4 is 17.1 Å². The van der Waals surface area contributed by atoms with Crippen molar-refractivity contribution in [2.45, 2.75) is 38.5 Å². The molecule has 4 aromatic rings. The molecular formula is C32H34ClF5N6O4. The first-order valence-electron chi connectivity index (χ1n) is 14.9. The summed E-state index contributed by atoms with van der Waals surface area (Å²) < 4.78 is 87.8. The molecule has 48 heavy (non-hydrogen) atoms. The van der Waals surface area contributed by atoms with Crippen molar-refractivity contribution in [3.05, 3.63) is 76.8 Å². The third-order valence-corrected chi connectivity index (χ3v) is 7.25. The molecule has 0 spiro atoms. The Balaban J connectivity index is 0.00000520. The van der Waals surface area contributed by atoms with Gasteiger partial charge >= 0.3 is 12.1 Å². The first-order valence-corrected chi connectivity index (χ1v) is 14.9. The van der Waals surface area contributed by atoms with E-state index in [-0.39, 0.29) is 66.3 Å². The fraction of sp³-hybridized carbons (Fsp3) is 0.375. The Kier molecular flexibility index (Phi) is 11.1. The van der Waals surface area contributed by atoms with E-state index in [9.17, 15) is 26.7 Å². The summed E-state index contributed by atoms with van der Waals surface area (Å²) in [4.78, 5) is 20.9. The molecule has 1 aliphatic rings. The zero-order valence-corrected chi connectivity index (χ0v) is 27.3. The maximum absolute atomic E-state index is 14.5. The van der Waals surface area contributed by atoms with Crippen LogP contribution in [-0.2, 0) is 22.3 Å². The summed E-state index contributed by atoms with van der Waals surface area (Å²) in [5.74, 6) is -2.92. The average Bonchev–Trinajstić information content (AvgIpc) is 3.66. The van der Waals surface area contributed by atoms with Crippen molar-refractivity contribution in [3.63, 3.8) is 0 Å². The van der Waals surface area contributed by atoms with Gasteiger partial charge in [-0.15, -0.1) is 0 Å². The molecule has 0 saturated carbocycles. The predicted octanol–water partition coefficient (Wildman–Crippen LogP) is 3.35. The summed E-state index contributed by atoms with van der Waals surface area (Å²) in [6, 6.07) is 7.09. The number of carbonyl (C=O) groups excluding carboxylic acids is 1. The number of aromatic amines is 1. The van der Waals surface area contributed by atoms with Gasteiger partial charge in [0.1, 0.15) is 17.3 Å². The topological polar surface area (TPSA) is 106 Å². The van der Waals surface area contributed by atoms with Gasteiger partial charge in [-0.25, -0.2) is 18.6 Å². The van der Waals surface area contributed by atoms with Crippen LogP contribution in [0.25, 0.3) is 22.6 Å². The number of quaternary nitrogens is 1. The lowest BCUT2D eigenvalue weighted by molar-refractivity contribution is -0.870. The first-order chi connectivity index (χ1) is 22.2. The van der Waals surface area contributed by atoms with E-state index in [4.69, 9.17) is 14.0 Å². The Morgan fingerprint density at radius 2 is 1.88 bits per heavy atom. The van der Waals surface area contributed by atoms with Gasteiger partial charge in [0.2, 0.25) is 6.04 Å². The van der Waals surface area contributed by atoms with E-state index in [0.29, 0.717) is 35.3 Å². The number of nitrogens with one attached hydrogen (secondary N) is 1. The van der Waals surface area contributed by atoms with Crippen molar-refractivity contribution in [1.29, 1.82) is 0 Å². The number of fused-ring (bicyclic) bond motifs is 1. The molecule has 1 N–H and O–H groups in total. The van der Waals surface area contributed by atoms with Gasteiger partial charge in [-0.2, -0.15) is 18.3 Å². The van der Waals surface area contributed by atoms with Crippen LogP contribution in [0.3, 0.4) is 0 Å². The number of nitrogens with zero attached hydrogens (tertiary/aromatic N) is 5. The molecule has 0 amide bonds. The quantitative estimate of drug-likeness (QED) is 0.105. The van der Waals surface area contributed by atoms with Gasteiger partial charge in [-0.1, -0.05) is 18.1 Å². The molecular weight excluding hydrogens is 663 g/mol. The van der Waals surface area contributed by atoms with E-state index in [1.165, 1.54) is 41.6 Å². The molecule has 3 heterocycles. The Bertz CT molecular complexity index is 1770. The second kappa shape index (κ2) is 14.7. The summed E-state index contributed by atoms with van der Waals surface area (Å²) in [5, 5.41) is 9.51. The number of rotatable bonds is 12. The molecule has 0 saturated heterocycles. The van der Waals surface area contributed by atoms with Crippen LogP contribution in [0.5, 0.6) is 5.75 Å². The molecule has 5 rings (SSSR count). The maximum Gasteiger partial charge on any atom is 0.417 e. The highest BCUT2D eigenvalue weighted by atomic mass is 35.5. The molecule has 0 bridgehead atoms. The smallest absolute Gasteiger partial charge is 0.417 e. The normalized spacial score (nSPS) is 13.6. The van der Waals surface area contributed by atoms with Crippen molar-refractivity contribution in [2.75, 3.05) is 40.9 Å². The van der Waals surface area contributed by atoms with Gasteiger partial charge in [0.25, 0.3) is 0 Å². The third kappa shape index (κ3) is 8.31.